The van der Waals surface area contributed by atoms with E-state index < -0.39 is 0 Å². The Morgan fingerprint density at radius 1 is 1.53 bits per heavy atom. The van der Waals surface area contributed by atoms with Crippen LogP contribution in [-0.4, -0.2) is 26.0 Å². The molecule has 82 valence electrons. The first-order chi connectivity index (χ1) is 7.22. The van der Waals surface area contributed by atoms with Crippen molar-refractivity contribution in [3.05, 3.63) is 29.8 Å². The van der Waals surface area contributed by atoms with Crippen molar-refractivity contribution >= 4 is 0 Å². The average Bonchev–Trinajstić information content (AvgIpc) is 2.65. The highest BCUT2D eigenvalue weighted by atomic mass is 16.5. The summed E-state index contributed by atoms with van der Waals surface area (Å²) in [5.41, 5.74) is 1.01. The van der Waals surface area contributed by atoms with E-state index in [1.54, 1.807) is 7.11 Å². The molecule has 1 aromatic rings. The minimum atomic E-state index is -0.216. The Bertz CT molecular complexity index is 332. The van der Waals surface area contributed by atoms with E-state index in [9.17, 15) is 0 Å². The third kappa shape index (κ3) is 2.49. The molecule has 1 saturated heterocycles. The van der Waals surface area contributed by atoms with Gasteiger partial charge in [0.2, 0.25) is 0 Å². The summed E-state index contributed by atoms with van der Waals surface area (Å²) in [6.07, 6.45) is 0.865. The van der Waals surface area contributed by atoms with Crippen molar-refractivity contribution in [3.63, 3.8) is 0 Å². The minimum Gasteiger partial charge on any atom is -0.497 e. The van der Waals surface area contributed by atoms with E-state index in [1.807, 2.05) is 12.1 Å². The molecule has 15 heavy (non-hydrogen) atoms. The predicted octanol–water partition coefficient (Wildman–Crippen LogP) is 1.57. The van der Waals surface area contributed by atoms with Gasteiger partial charge < -0.3 is 9.47 Å². The number of nitrogens with one attached hydrogen (secondary N) is 1. The quantitative estimate of drug-likeness (QED) is 0.816. The van der Waals surface area contributed by atoms with Crippen molar-refractivity contribution in [2.24, 2.45) is 0 Å². The highest BCUT2D eigenvalue weighted by molar-refractivity contribution is 5.29. The fourth-order valence-corrected chi connectivity index (χ4v) is 1.93. The van der Waals surface area contributed by atoms with Gasteiger partial charge in [-0.05, 0) is 24.6 Å². The van der Waals surface area contributed by atoms with Crippen LogP contribution in [0.15, 0.2) is 24.3 Å². The molecular weight excluding hydrogens is 190 g/mol. The minimum absolute atomic E-state index is 0.216. The molecule has 2 rings (SSSR count). The zero-order valence-corrected chi connectivity index (χ0v) is 9.25. The van der Waals surface area contributed by atoms with Crippen LogP contribution in [0, 0.1) is 0 Å². The van der Waals surface area contributed by atoms with Crippen molar-refractivity contribution in [3.8, 4) is 5.75 Å². The summed E-state index contributed by atoms with van der Waals surface area (Å²) in [5, 5.41) is 3.36. The first-order valence-corrected chi connectivity index (χ1v) is 5.24. The molecule has 0 spiro atoms. The maximum atomic E-state index is 5.67. The molecule has 1 unspecified atom stereocenters. The Morgan fingerprint density at radius 2 is 2.40 bits per heavy atom. The summed E-state index contributed by atoms with van der Waals surface area (Å²) in [5.74, 6) is 0.897. The van der Waals surface area contributed by atoms with E-state index >= 15 is 0 Å². The van der Waals surface area contributed by atoms with E-state index in [1.165, 1.54) is 5.56 Å². The average molecular weight is 207 g/mol. The molecule has 3 heteroatoms. The second-order valence-electron chi connectivity index (χ2n) is 4.03. The van der Waals surface area contributed by atoms with Gasteiger partial charge in [-0.1, -0.05) is 12.1 Å². The van der Waals surface area contributed by atoms with Gasteiger partial charge in [-0.25, -0.2) is 0 Å². The van der Waals surface area contributed by atoms with Crippen molar-refractivity contribution in [2.75, 3.05) is 20.3 Å². The van der Waals surface area contributed by atoms with Crippen molar-refractivity contribution in [1.82, 2.24) is 5.32 Å². The second kappa shape index (κ2) is 4.21. The molecule has 1 fully saturated rings. The van der Waals surface area contributed by atoms with Gasteiger partial charge >= 0.3 is 0 Å². The largest absolute Gasteiger partial charge is 0.497 e. The van der Waals surface area contributed by atoms with Crippen molar-refractivity contribution in [2.45, 2.75) is 19.1 Å². The molecule has 1 aromatic carbocycles. The lowest BCUT2D eigenvalue weighted by Crippen LogP contribution is -2.39. The maximum Gasteiger partial charge on any atom is 0.120 e. The fourth-order valence-electron chi connectivity index (χ4n) is 1.93. The van der Waals surface area contributed by atoms with Crippen LogP contribution < -0.4 is 10.1 Å². The van der Waals surface area contributed by atoms with Crippen LogP contribution in [0.2, 0.25) is 0 Å². The summed E-state index contributed by atoms with van der Waals surface area (Å²) in [7, 11) is 1.69. The second-order valence-corrected chi connectivity index (χ2v) is 4.03. The summed E-state index contributed by atoms with van der Waals surface area (Å²) < 4.78 is 10.9. The molecule has 1 aliphatic heterocycles. The van der Waals surface area contributed by atoms with Gasteiger partial charge in [0.05, 0.1) is 13.7 Å². The number of hydrogen-bond acceptors (Lipinski definition) is 3. The molecule has 0 aromatic heterocycles. The molecule has 0 aliphatic carbocycles. The lowest BCUT2D eigenvalue weighted by Gasteiger charge is -2.23. The topological polar surface area (TPSA) is 30.5 Å². The van der Waals surface area contributed by atoms with E-state index in [0.29, 0.717) is 0 Å². The van der Waals surface area contributed by atoms with Gasteiger partial charge in [0.1, 0.15) is 11.5 Å². The van der Waals surface area contributed by atoms with E-state index in [4.69, 9.17) is 9.47 Å². The molecule has 0 amide bonds. The van der Waals surface area contributed by atoms with Crippen molar-refractivity contribution < 1.29 is 9.47 Å². The molecule has 0 saturated carbocycles. The number of ether oxygens (including phenoxy) is 2. The van der Waals surface area contributed by atoms with Gasteiger partial charge in [-0.3, -0.25) is 5.32 Å². The van der Waals surface area contributed by atoms with Crippen LogP contribution in [0.1, 0.15) is 12.5 Å². The zero-order valence-electron chi connectivity index (χ0n) is 9.25. The third-order valence-electron chi connectivity index (χ3n) is 2.70. The Kier molecular flexibility index (Phi) is 2.93. The predicted molar refractivity (Wildman–Crippen MR) is 59.1 cm³/mol. The van der Waals surface area contributed by atoms with Crippen LogP contribution in [0.4, 0.5) is 0 Å². The maximum absolute atomic E-state index is 5.67. The highest BCUT2D eigenvalue weighted by Gasteiger charge is 2.29. The van der Waals surface area contributed by atoms with Crippen LogP contribution in [0.25, 0.3) is 0 Å². The molecule has 1 atom stereocenters. The Labute approximate surface area is 90.4 Å². The van der Waals surface area contributed by atoms with Gasteiger partial charge in [0, 0.05) is 13.0 Å². The lowest BCUT2D eigenvalue weighted by molar-refractivity contribution is 0.00700. The van der Waals surface area contributed by atoms with Crippen LogP contribution in [0.5, 0.6) is 5.75 Å². The summed E-state index contributed by atoms with van der Waals surface area (Å²) in [6, 6.07) is 8.10. The standard InChI is InChI=1S/C12H17NO2/c1-12(13-6-7-15-12)9-10-4-3-5-11(8-10)14-2/h3-5,8,13H,6-7,9H2,1-2H3. The Hall–Kier alpha value is -1.06. The number of rotatable bonds is 3. The smallest absolute Gasteiger partial charge is 0.120 e. The Balaban J connectivity index is 2.09. The van der Waals surface area contributed by atoms with Gasteiger partial charge in [0.15, 0.2) is 0 Å². The molecular formula is C12H17NO2. The summed E-state index contributed by atoms with van der Waals surface area (Å²) in [4.78, 5) is 0. The van der Waals surface area contributed by atoms with Gasteiger partial charge in [-0.15, -0.1) is 0 Å². The molecule has 1 aliphatic rings. The number of methoxy groups -OCH3 is 1. The van der Waals surface area contributed by atoms with Crippen LogP contribution in [0.3, 0.4) is 0 Å². The number of hydrogen-bond donors (Lipinski definition) is 1. The van der Waals surface area contributed by atoms with Crippen LogP contribution >= 0.6 is 0 Å². The van der Waals surface area contributed by atoms with E-state index in [2.05, 4.69) is 24.4 Å². The number of benzene rings is 1. The first-order valence-electron chi connectivity index (χ1n) is 5.24. The van der Waals surface area contributed by atoms with E-state index in [-0.39, 0.29) is 5.72 Å². The summed E-state index contributed by atoms with van der Waals surface area (Å²) in [6.45, 7) is 3.81. The lowest BCUT2D eigenvalue weighted by atomic mass is 10.0. The monoisotopic (exact) mass is 207 g/mol. The third-order valence-corrected chi connectivity index (χ3v) is 2.70. The molecule has 1 N–H and O–H groups in total. The molecule has 1 heterocycles. The van der Waals surface area contributed by atoms with Crippen LogP contribution in [-0.2, 0) is 11.2 Å². The fraction of sp³-hybridized carbons (Fsp3) is 0.500. The molecule has 3 nitrogen and oxygen atoms in total. The van der Waals surface area contributed by atoms with Gasteiger partial charge in [-0.2, -0.15) is 0 Å². The SMILES string of the molecule is COc1cccc(CC2(C)NCCO2)c1. The molecule has 0 radical (unpaired) electrons. The highest BCUT2D eigenvalue weighted by Crippen LogP contribution is 2.21. The first kappa shape index (κ1) is 10.5. The molecule has 0 bridgehead atoms. The van der Waals surface area contributed by atoms with Crippen molar-refractivity contribution in [1.29, 1.82) is 0 Å². The summed E-state index contributed by atoms with van der Waals surface area (Å²) >= 11 is 0. The Morgan fingerprint density at radius 3 is 3.07 bits per heavy atom. The van der Waals surface area contributed by atoms with E-state index in [0.717, 1.165) is 25.3 Å². The normalized spacial score (nSPS) is 25.5. The van der Waals surface area contributed by atoms with Gasteiger partial charge in [0.25, 0.3) is 0 Å². The zero-order chi connectivity index (χ0) is 10.7.